The Morgan fingerprint density at radius 1 is 1.21 bits per heavy atom. The third-order valence-corrected chi connectivity index (χ3v) is 11.0. The molecule has 0 bridgehead atoms. The number of ether oxygens (including phenoxy) is 2. The van der Waals surface area contributed by atoms with Crippen LogP contribution in [0.1, 0.15) is 40.4 Å². The Morgan fingerprint density at radius 3 is 2.60 bits per heavy atom. The molecule has 1 aromatic carbocycles. The summed E-state index contributed by atoms with van der Waals surface area (Å²) in [7, 11) is -0.541. The molecule has 1 aliphatic rings. The Morgan fingerprint density at radius 2 is 1.96 bits per heavy atom. The van der Waals surface area contributed by atoms with Gasteiger partial charge in [0.2, 0.25) is 10.0 Å². The molecule has 3 aromatic heterocycles. The van der Waals surface area contributed by atoms with E-state index in [1.54, 1.807) is 22.9 Å². The Hall–Kier alpha value is -4.08. The molecule has 0 aliphatic heterocycles. The maximum Gasteiger partial charge on any atom is 0.272 e. The monoisotopic (exact) mass is 683 g/mol. The van der Waals surface area contributed by atoms with Gasteiger partial charge < -0.3 is 20.1 Å². The first-order chi connectivity index (χ1) is 22.2. The lowest BCUT2D eigenvalue weighted by molar-refractivity contribution is 0.0805. The van der Waals surface area contributed by atoms with E-state index in [0.717, 1.165) is 35.0 Å². The zero-order valence-corrected chi connectivity index (χ0v) is 29.7. The van der Waals surface area contributed by atoms with E-state index in [1.807, 2.05) is 6.07 Å². The van der Waals surface area contributed by atoms with Gasteiger partial charge in [-0.2, -0.15) is 5.10 Å². The maximum atomic E-state index is 15.2. The molecule has 1 fully saturated rings. The minimum Gasteiger partial charge on any atom is -0.494 e. The highest BCUT2D eigenvalue weighted by Gasteiger charge is 2.30. The molecule has 0 radical (unpaired) electrons. The van der Waals surface area contributed by atoms with E-state index in [4.69, 9.17) is 14.5 Å². The number of fused-ring (bicyclic) bond motifs is 1. The van der Waals surface area contributed by atoms with E-state index in [2.05, 4.69) is 40.4 Å². The lowest BCUT2D eigenvalue weighted by atomic mass is 9.98. The molecule has 252 valence electrons. The molecule has 0 atom stereocenters. The lowest BCUT2D eigenvalue weighted by Gasteiger charge is -2.19. The van der Waals surface area contributed by atoms with Gasteiger partial charge in [0, 0.05) is 52.6 Å². The number of rotatable bonds is 14. The van der Waals surface area contributed by atoms with Crippen LogP contribution in [0.3, 0.4) is 0 Å². The largest absolute Gasteiger partial charge is 0.494 e. The first-order valence-electron chi connectivity index (χ1n) is 15.4. The highest BCUT2D eigenvalue weighted by molar-refractivity contribution is 7.92. The van der Waals surface area contributed by atoms with Crippen LogP contribution in [-0.2, 0) is 28.0 Å². The second-order valence-corrected chi connectivity index (χ2v) is 20.6. The summed E-state index contributed by atoms with van der Waals surface area (Å²) in [4.78, 5) is 22.4. The summed E-state index contributed by atoms with van der Waals surface area (Å²) in [5.74, 6) is 0.0503. The van der Waals surface area contributed by atoms with Crippen LogP contribution in [0.25, 0.3) is 22.2 Å². The average Bonchev–Trinajstić information content (AvgIpc) is 3.81. The third-order valence-electron chi connectivity index (χ3n) is 8.11. The zero-order chi connectivity index (χ0) is 34.1. The number of sulfonamides is 1. The van der Waals surface area contributed by atoms with E-state index in [1.165, 1.54) is 33.5 Å². The van der Waals surface area contributed by atoms with Gasteiger partial charge in [0.05, 0.1) is 30.0 Å². The number of amides is 1. The number of nitrogens with one attached hydrogen (secondary N) is 2. The summed E-state index contributed by atoms with van der Waals surface area (Å²) in [5, 5.41) is 11.1. The molecule has 0 spiro atoms. The van der Waals surface area contributed by atoms with Crippen molar-refractivity contribution in [1.82, 2.24) is 25.1 Å². The fraction of sp³-hybridized carbons (Fsp3) is 0.438. The van der Waals surface area contributed by atoms with E-state index in [9.17, 15) is 13.2 Å². The maximum absolute atomic E-state index is 15.2. The molecule has 4 aromatic rings. The second-order valence-electron chi connectivity index (χ2n) is 12.9. The molecule has 1 amide bonds. The van der Waals surface area contributed by atoms with E-state index >= 15 is 4.39 Å². The zero-order valence-electron chi connectivity index (χ0n) is 27.8. The summed E-state index contributed by atoms with van der Waals surface area (Å²) >= 11 is 0. The number of pyridine rings is 2. The van der Waals surface area contributed by atoms with Crippen molar-refractivity contribution in [3.63, 3.8) is 0 Å². The van der Waals surface area contributed by atoms with Crippen LogP contribution in [0.2, 0.25) is 25.7 Å². The van der Waals surface area contributed by atoms with Gasteiger partial charge in [-0.1, -0.05) is 25.7 Å². The van der Waals surface area contributed by atoms with Crippen molar-refractivity contribution in [1.29, 1.82) is 0 Å². The van der Waals surface area contributed by atoms with Gasteiger partial charge in [0.25, 0.3) is 5.91 Å². The normalized spacial score (nSPS) is 13.5. The van der Waals surface area contributed by atoms with Crippen molar-refractivity contribution in [3.05, 3.63) is 59.2 Å². The number of anilines is 2. The highest BCUT2D eigenvalue weighted by Crippen LogP contribution is 2.46. The number of hydrogen-bond acceptors (Lipinski definition) is 9. The Balaban J connectivity index is 1.67. The number of benzene rings is 1. The summed E-state index contributed by atoms with van der Waals surface area (Å²) in [6.45, 7) is 7.57. The number of halogens is 1. The number of methoxy groups -OCH3 is 1. The van der Waals surface area contributed by atoms with Crippen molar-refractivity contribution in [2.45, 2.75) is 57.7 Å². The molecule has 15 heteroatoms. The van der Waals surface area contributed by atoms with Crippen LogP contribution in [0.15, 0.2) is 36.5 Å². The second kappa shape index (κ2) is 13.6. The van der Waals surface area contributed by atoms with Crippen molar-refractivity contribution in [2.75, 3.05) is 43.7 Å². The van der Waals surface area contributed by atoms with Crippen LogP contribution in [-0.4, -0.2) is 76.2 Å². The molecule has 2 N–H and O–H groups in total. The van der Waals surface area contributed by atoms with Gasteiger partial charge in [0.1, 0.15) is 18.4 Å². The smallest absolute Gasteiger partial charge is 0.272 e. The van der Waals surface area contributed by atoms with Gasteiger partial charge >= 0.3 is 0 Å². The molecule has 12 nitrogen and oxygen atoms in total. The van der Waals surface area contributed by atoms with Crippen LogP contribution in [0.4, 0.5) is 16.0 Å². The van der Waals surface area contributed by atoms with Gasteiger partial charge in [-0.25, -0.2) is 27.5 Å². The molecule has 5 rings (SSSR count). The van der Waals surface area contributed by atoms with Gasteiger partial charge in [-0.3, -0.25) is 9.10 Å². The Kier molecular flexibility index (Phi) is 9.89. The molecule has 1 saturated carbocycles. The predicted molar refractivity (Wildman–Crippen MR) is 184 cm³/mol. The van der Waals surface area contributed by atoms with Gasteiger partial charge in [-0.15, -0.1) is 0 Å². The van der Waals surface area contributed by atoms with Crippen LogP contribution in [0, 0.1) is 5.82 Å². The van der Waals surface area contributed by atoms with Gasteiger partial charge in [-0.05, 0) is 54.6 Å². The number of carbonyl (C=O) groups is 1. The van der Waals surface area contributed by atoms with E-state index in [-0.39, 0.29) is 36.5 Å². The van der Waals surface area contributed by atoms with Crippen LogP contribution < -0.4 is 19.7 Å². The molecule has 0 saturated heterocycles. The number of hydrogen-bond donors (Lipinski definition) is 2. The SMILES string of the molecule is CNC(=O)c1nn(COCC[Si](C)(C)C)c2cc(-c3cc(F)c(OC)cc3C3CC3)nc(NCc3cccnc3N(C)S(C)(=O)=O)c12. The molecule has 1 aliphatic carbocycles. The van der Waals surface area contributed by atoms with Gasteiger partial charge in [0.15, 0.2) is 17.3 Å². The predicted octanol–water partition coefficient (Wildman–Crippen LogP) is 5.20. The standard InChI is InChI=1S/C32H42FN7O5SSi/c1-34-32(41)29-28-26(40(38-29)19-45-13-14-47(5,6)7)17-25(23-15-24(33)27(44-3)16-22(23)20-10-11-20)37-30(28)36-18-21-9-8-12-35-31(21)39(2)46(4,42)43/h8-9,12,15-17,20H,10-11,13-14,18-19H2,1-7H3,(H,34,41)(H,36,37). The number of nitrogens with zero attached hydrogens (tertiary/aromatic N) is 5. The van der Waals surface area contributed by atoms with Crippen molar-refractivity contribution in [2.24, 2.45) is 0 Å². The van der Waals surface area contributed by atoms with Crippen molar-refractivity contribution < 1.29 is 27.1 Å². The minimum atomic E-state index is -3.59. The number of aromatic nitrogens is 4. The third kappa shape index (κ3) is 7.74. The van der Waals surface area contributed by atoms with E-state index in [0.29, 0.717) is 40.1 Å². The first-order valence-corrected chi connectivity index (χ1v) is 21.0. The van der Waals surface area contributed by atoms with E-state index < -0.39 is 29.8 Å². The molecule has 47 heavy (non-hydrogen) atoms. The van der Waals surface area contributed by atoms with Crippen molar-refractivity contribution in [3.8, 4) is 17.0 Å². The summed E-state index contributed by atoms with van der Waals surface area (Å²) in [6.07, 6.45) is 4.56. The molecular formula is C32H42FN7O5SSi. The molecular weight excluding hydrogens is 642 g/mol. The Bertz CT molecular complexity index is 1910. The fourth-order valence-corrected chi connectivity index (χ4v) is 6.47. The number of carbonyl (C=O) groups excluding carboxylic acids is 1. The summed E-state index contributed by atoms with van der Waals surface area (Å²) < 4.78 is 54.0. The van der Waals surface area contributed by atoms with Crippen LogP contribution >= 0.6 is 0 Å². The fourth-order valence-electron chi connectivity index (χ4n) is 5.23. The highest BCUT2D eigenvalue weighted by atomic mass is 32.2. The average molecular weight is 684 g/mol. The quantitative estimate of drug-likeness (QED) is 0.136. The molecule has 0 unspecified atom stereocenters. The van der Waals surface area contributed by atoms with Crippen molar-refractivity contribution >= 4 is 46.5 Å². The summed E-state index contributed by atoms with van der Waals surface area (Å²) in [5.41, 5.74) is 3.31. The lowest BCUT2D eigenvalue weighted by Crippen LogP contribution is -2.27. The van der Waals surface area contributed by atoms with Crippen LogP contribution in [0.5, 0.6) is 5.75 Å². The minimum absolute atomic E-state index is 0.0965. The Labute approximate surface area is 275 Å². The molecule has 3 heterocycles. The summed E-state index contributed by atoms with van der Waals surface area (Å²) in [6, 6.07) is 9.41. The first kappa shape index (κ1) is 34.3. The topological polar surface area (TPSA) is 141 Å².